The van der Waals surface area contributed by atoms with E-state index in [1.807, 2.05) is 4.90 Å². The first kappa shape index (κ1) is 14.7. The number of hydrogen-bond donors (Lipinski definition) is 1. The predicted octanol–water partition coefficient (Wildman–Crippen LogP) is 0.706. The van der Waals surface area contributed by atoms with Gasteiger partial charge in [0.25, 0.3) is 0 Å². The van der Waals surface area contributed by atoms with Gasteiger partial charge in [0.1, 0.15) is 0 Å². The summed E-state index contributed by atoms with van der Waals surface area (Å²) in [5.74, 6) is -0.211. The molecule has 5 nitrogen and oxygen atoms in total. The van der Waals surface area contributed by atoms with E-state index >= 15 is 0 Å². The van der Waals surface area contributed by atoms with Crippen molar-refractivity contribution in [3.05, 3.63) is 12.7 Å². The highest BCUT2D eigenvalue weighted by Crippen LogP contribution is 2.18. The molecule has 1 aliphatic carbocycles. The van der Waals surface area contributed by atoms with Gasteiger partial charge in [-0.3, -0.25) is 14.5 Å². The normalized spacial score (nSPS) is 14.3. The van der Waals surface area contributed by atoms with E-state index in [0.29, 0.717) is 32.2 Å². The Bertz CT molecular complexity index is 301. The van der Waals surface area contributed by atoms with E-state index in [2.05, 4.69) is 11.9 Å². The van der Waals surface area contributed by atoms with Gasteiger partial charge in [-0.1, -0.05) is 6.08 Å². The van der Waals surface area contributed by atoms with E-state index in [9.17, 15) is 9.59 Å². The number of carbonyl (C=O) groups is 2. The van der Waals surface area contributed by atoms with Gasteiger partial charge in [-0.15, -0.1) is 6.58 Å². The van der Waals surface area contributed by atoms with Crippen LogP contribution in [0.25, 0.3) is 0 Å². The van der Waals surface area contributed by atoms with E-state index in [1.165, 1.54) is 0 Å². The van der Waals surface area contributed by atoms with Crippen LogP contribution in [0, 0.1) is 0 Å². The molecule has 0 aromatic heterocycles. The van der Waals surface area contributed by atoms with Crippen molar-refractivity contribution >= 4 is 11.9 Å². The number of carbonyl (C=O) groups excluding carboxylic acids is 2. The number of amides is 1. The second kappa shape index (κ2) is 7.87. The van der Waals surface area contributed by atoms with Gasteiger partial charge in [0.2, 0.25) is 5.91 Å². The van der Waals surface area contributed by atoms with Crippen LogP contribution >= 0.6 is 0 Å². The van der Waals surface area contributed by atoms with Crippen LogP contribution in [-0.4, -0.2) is 49.1 Å². The van der Waals surface area contributed by atoms with Crippen molar-refractivity contribution in [1.82, 2.24) is 10.2 Å². The minimum absolute atomic E-state index is 0.0513. The summed E-state index contributed by atoms with van der Waals surface area (Å²) in [6.45, 7) is 7.13. The minimum atomic E-state index is -0.262. The Labute approximate surface area is 108 Å². The third-order valence-corrected chi connectivity index (χ3v) is 2.64. The van der Waals surface area contributed by atoms with Gasteiger partial charge in [0.05, 0.1) is 13.2 Å². The van der Waals surface area contributed by atoms with Gasteiger partial charge < -0.3 is 10.1 Å². The first-order valence-corrected chi connectivity index (χ1v) is 6.44. The summed E-state index contributed by atoms with van der Waals surface area (Å²) in [5.41, 5.74) is 0. The van der Waals surface area contributed by atoms with Crippen LogP contribution in [0.15, 0.2) is 12.7 Å². The summed E-state index contributed by atoms with van der Waals surface area (Å²) in [5, 5.41) is 2.92. The summed E-state index contributed by atoms with van der Waals surface area (Å²) in [7, 11) is 0. The van der Waals surface area contributed by atoms with E-state index < -0.39 is 0 Å². The molecule has 0 aromatic rings. The fourth-order valence-corrected chi connectivity index (χ4v) is 1.59. The number of nitrogens with one attached hydrogen (secondary N) is 1. The molecule has 0 atom stereocenters. The molecule has 18 heavy (non-hydrogen) atoms. The molecule has 1 saturated carbocycles. The van der Waals surface area contributed by atoms with E-state index in [0.717, 1.165) is 12.8 Å². The Balaban J connectivity index is 2.24. The molecule has 0 spiro atoms. The number of nitrogens with zero attached hydrogens (tertiary/aromatic N) is 1. The lowest BCUT2D eigenvalue weighted by Crippen LogP contribution is -2.35. The van der Waals surface area contributed by atoms with Crippen LogP contribution in [0.1, 0.15) is 26.2 Å². The Morgan fingerprint density at radius 3 is 2.78 bits per heavy atom. The molecule has 0 heterocycles. The van der Waals surface area contributed by atoms with Crippen molar-refractivity contribution in [2.75, 3.05) is 26.2 Å². The Morgan fingerprint density at radius 2 is 2.22 bits per heavy atom. The van der Waals surface area contributed by atoms with Crippen LogP contribution in [0.4, 0.5) is 0 Å². The predicted molar refractivity (Wildman–Crippen MR) is 69.1 cm³/mol. The molecule has 1 rings (SSSR count). The summed E-state index contributed by atoms with van der Waals surface area (Å²) in [4.78, 5) is 24.8. The summed E-state index contributed by atoms with van der Waals surface area (Å²) in [6, 6.07) is 0.385. The molecule has 0 bridgehead atoms. The highest BCUT2D eigenvalue weighted by Gasteiger charge is 2.23. The zero-order valence-corrected chi connectivity index (χ0v) is 11.0. The fraction of sp³-hybridized carbons (Fsp3) is 0.692. The molecule has 1 N–H and O–H groups in total. The molecule has 0 saturated heterocycles. The zero-order valence-electron chi connectivity index (χ0n) is 11.0. The lowest BCUT2D eigenvalue weighted by molar-refractivity contribution is -0.144. The molecule has 5 heteroatoms. The second-order valence-electron chi connectivity index (χ2n) is 4.42. The lowest BCUT2D eigenvalue weighted by Gasteiger charge is -2.19. The van der Waals surface area contributed by atoms with Crippen molar-refractivity contribution in [3.8, 4) is 0 Å². The maximum Gasteiger partial charge on any atom is 0.320 e. The van der Waals surface area contributed by atoms with E-state index in [-0.39, 0.29) is 18.4 Å². The molecule has 0 aliphatic heterocycles. The van der Waals surface area contributed by atoms with Crippen molar-refractivity contribution in [2.45, 2.75) is 32.2 Å². The molecule has 102 valence electrons. The highest BCUT2D eigenvalue weighted by atomic mass is 16.5. The molecular formula is C13H22N2O3. The SMILES string of the molecule is C=CCN(CCC(=O)NC1CC1)CC(=O)OCC. The van der Waals surface area contributed by atoms with Gasteiger partial charge in [-0.2, -0.15) is 0 Å². The first-order chi connectivity index (χ1) is 8.65. The summed E-state index contributed by atoms with van der Waals surface area (Å²) in [6.07, 6.45) is 4.30. The summed E-state index contributed by atoms with van der Waals surface area (Å²) >= 11 is 0. The molecule has 0 unspecified atom stereocenters. The van der Waals surface area contributed by atoms with E-state index in [4.69, 9.17) is 4.74 Å². The molecule has 0 radical (unpaired) electrons. The Kier molecular flexibility index (Phi) is 6.43. The van der Waals surface area contributed by atoms with Gasteiger partial charge in [0.15, 0.2) is 0 Å². The van der Waals surface area contributed by atoms with Crippen LogP contribution in [0.5, 0.6) is 0 Å². The molecule has 0 aromatic carbocycles. The largest absolute Gasteiger partial charge is 0.465 e. The highest BCUT2D eigenvalue weighted by molar-refractivity contribution is 5.77. The average Bonchev–Trinajstić information content (AvgIpc) is 3.10. The van der Waals surface area contributed by atoms with Crippen LogP contribution in [0.3, 0.4) is 0 Å². The number of ether oxygens (including phenoxy) is 1. The quantitative estimate of drug-likeness (QED) is 0.486. The second-order valence-corrected chi connectivity index (χ2v) is 4.42. The van der Waals surface area contributed by atoms with Gasteiger partial charge >= 0.3 is 5.97 Å². The monoisotopic (exact) mass is 254 g/mol. The third kappa shape index (κ3) is 6.39. The lowest BCUT2D eigenvalue weighted by atomic mass is 10.3. The van der Waals surface area contributed by atoms with E-state index in [1.54, 1.807) is 13.0 Å². The van der Waals surface area contributed by atoms with Crippen LogP contribution in [-0.2, 0) is 14.3 Å². The fourth-order valence-electron chi connectivity index (χ4n) is 1.59. The smallest absolute Gasteiger partial charge is 0.320 e. The van der Waals surface area contributed by atoms with Crippen molar-refractivity contribution in [3.63, 3.8) is 0 Å². The molecule has 1 fully saturated rings. The van der Waals surface area contributed by atoms with Gasteiger partial charge in [-0.25, -0.2) is 0 Å². The van der Waals surface area contributed by atoms with Crippen LogP contribution in [0.2, 0.25) is 0 Å². The van der Waals surface area contributed by atoms with Crippen molar-refractivity contribution in [1.29, 1.82) is 0 Å². The minimum Gasteiger partial charge on any atom is -0.465 e. The summed E-state index contributed by atoms with van der Waals surface area (Å²) < 4.78 is 4.88. The number of rotatable bonds is 9. The molecule has 1 aliphatic rings. The Morgan fingerprint density at radius 1 is 1.50 bits per heavy atom. The number of esters is 1. The molecule has 1 amide bonds. The Hall–Kier alpha value is -1.36. The van der Waals surface area contributed by atoms with Gasteiger partial charge in [0, 0.05) is 25.6 Å². The average molecular weight is 254 g/mol. The molecular weight excluding hydrogens is 232 g/mol. The van der Waals surface area contributed by atoms with Gasteiger partial charge in [-0.05, 0) is 19.8 Å². The number of hydrogen-bond acceptors (Lipinski definition) is 4. The van der Waals surface area contributed by atoms with Crippen molar-refractivity contribution < 1.29 is 14.3 Å². The maximum atomic E-state index is 11.5. The topological polar surface area (TPSA) is 58.6 Å². The first-order valence-electron chi connectivity index (χ1n) is 6.44. The zero-order chi connectivity index (χ0) is 13.4. The standard InChI is InChI=1S/C13H22N2O3/c1-3-8-15(10-13(17)18-4-2)9-7-12(16)14-11-5-6-11/h3,11H,1,4-10H2,2H3,(H,14,16). The van der Waals surface area contributed by atoms with Crippen molar-refractivity contribution in [2.24, 2.45) is 0 Å². The van der Waals surface area contributed by atoms with Crippen LogP contribution < -0.4 is 5.32 Å². The third-order valence-electron chi connectivity index (χ3n) is 2.64. The maximum absolute atomic E-state index is 11.5.